The smallest absolute Gasteiger partial charge is 0.349 e. The highest BCUT2D eigenvalue weighted by molar-refractivity contribution is 7.17. The summed E-state index contributed by atoms with van der Waals surface area (Å²) in [6.45, 7) is -0.599. The van der Waals surface area contributed by atoms with Crippen LogP contribution in [0.4, 0.5) is 10.7 Å². The van der Waals surface area contributed by atoms with Crippen molar-refractivity contribution in [3.8, 4) is 0 Å². The van der Waals surface area contributed by atoms with Gasteiger partial charge in [-0.15, -0.1) is 0 Å². The highest BCUT2D eigenvalue weighted by Gasteiger charge is 2.19. The van der Waals surface area contributed by atoms with Crippen LogP contribution in [-0.4, -0.2) is 29.2 Å². The average Bonchev–Trinajstić information content (AvgIpc) is 3.23. The van der Waals surface area contributed by atoms with Crippen molar-refractivity contribution in [1.29, 1.82) is 0 Å². The van der Waals surface area contributed by atoms with Crippen molar-refractivity contribution in [1.82, 2.24) is 0 Å². The number of hydrogen-bond acceptors (Lipinski definition) is 7. The summed E-state index contributed by atoms with van der Waals surface area (Å²) in [6.07, 6.45) is 0. The summed E-state index contributed by atoms with van der Waals surface area (Å²) in [6, 6.07) is 17.5. The van der Waals surface area contributed by atoms with Gasteiger partial charge in [-0.2, -0.15) is 0 Å². The Morgan fingerprint density at radius 1 is 0.966 bits per heavy atom. The lowest BCUT2D eigenvalue weighted by molar-refractivity contribution is -0.380. The zero-order valence-electron chi connectivity index (χ0n) is 14.9. The predicted molar refractivity (Wildman–Crippen MR) is 106 cm³/mol. The van der Waals surface area contributed by atoms with Crippen molar-refractivity contribution in [2.75, 3.05) is 11.9 Å². The van der Waals surface area contributed by atoms with Gasteiger partial charge in [0, 0.05) is 17.2 Å². The van der Waals surface area contributed by atoms with Gasteiger partial charge < -0.3 is 10.1 Å². The Hall–Kier alpha value is -3.85. The number of nitro groups is 1. The van der Waals surface area contributed by atoms with Gasteiger partial charge in [-0.05, 0) is 18.2 Å². The third kappa shape index (κ3) is 4.90. The van der Waals surface area contributed by atoms with E-state index in [0.29, 0.717) is 22.5 Å². The molecule has 1 amide bonds. The molecular formula is C20H14N2O6S. The maximum Gasteiger partial charge on any atom is 0.349 e. The molecule has 0 saturated carbocycles. The fourth-order valence-corrected chi connectivity index (χ4v) is 3.17. The van der Waals surface area contributed by atoms with Crippen LogP contribution in [0.15, 0.2) is 66.7 Å². The monoisotopic (exact) mass is 410 g/mol. The number of carbonyl (C=O) groups excluding carboxylic acids is 3. The molecule has 2 aromatic carbocycles. The maximum absolute atomic E-state index is 12.7. The van der Waals surface area contributed by atoms with Crippen LogP contribution in [0.25, 0.3) is 0 Å². The number of rotatable bonds is 7. The summed E-state index contributed by atoms with van der Waals surface area (Å²) >= 11 is 0.659. The van der Waals surface area contributed by atoms with E-state index in [-0.39, 0.29) is 21.3 Å². The molecule has 0 spiro atoms. The van der Waals surface area contributed by atoms with Crippen molar-refractivity contribution in [3.63, 3.8) is 0 Å². The first kappa shape index (κ1) is 19.9. The molecular weight excluding hydrogens is 396 g/mol. The molecule has 0 unspecified atom stereocenters. The second kappa shape index (κ2) is 8.89. The third-order valence-electron chi connectivity index (χ3n) is 3.79. The van der Waals surface area contributed by atoms with Crippen LogP contribution in [0, 0.1) is 10.1 Å². The van der Waals surface area contributed by atoms with Gasteiger partial charge in [-0.1, -0.05) is 53.8 Å². The molecule has 0 radical (unpaired) electrons. The van der Waals surface area contributed by atoms with Gasteiger partial charge in [0.15, 0.2) is 12.4 Å². The topological polar surface area (TPSA) is 116 Å². The van der Waals surface area contributed by atoms with Gasteiger partial charge in [0.2, 0.25) is 0 Å². The third-order valence-corrected chi connectivity index (χ3v) is 4.81. The van der Waals surface area contributed by atoms with E-state index in [2.05, 4.69) is 5.32 Å². The molecule has 0 aliphatic rings. The minimum Gasteiger partial charge on any atom is -0.451 e. The number of hydrogen-bond donors (Lipinski definition) is 1. The van der Waals surface area contributed by atoms with E-state index in [0.717, 1.165) is 0 Å². The summed E-state index contributed by atoms with van der Waals surface area (Å²) in [5.74, 6) is -1.74. The SMILES string of the molecule is O=C(COC(=O)c1ccc([N+](=O)[O-])s1)Nc1ccccc1C(=O)c1ccccc1. The Morgan fingerprint density at radius 3 is 2.34 bits per heavy atom. The lowest BCUT2D eigenvalue weighted by atomic mass is 10.0. The summed E-state index contributed by atoms with van der Waals surface area (Å²) < 4.78 is 4.89. The molecule has 1 N–H and O–H groups in total. The minimum absolute atomic E-state index is 0.0177. The summed E-state index contributed by atoms with van der Waals surface area (Å²) in [5, 5.41) is 13.0. The molecule has 0 fully saturated rings. The maximum atomic E-state index is 12.7. The van der Waals surface area contributed by atoms with Crippen LogP contribution in [0.2, 0.25) is 0 Å². The lowest BCUT2D eigenvalue weighted by Crippen LogP contribution is -2.22. The normalized spacial score (nSPS) is 10.2. The summed E-state index contributed by atoms with van der Waals surface area (Å²) in [7, 11) is 0. The Kier molecular flexibility index (Phi) is 6.10. The Balaban J connectivity index is 1.64. The van der Waals surface area contributed by atoms with Gasteiger partial charge >= 0.3 is 11.0 Å². The van der Waals surface area contributed by atoms with Crippen molar-refractivity contribution in [3.05, 3.63) is 92.8 Å². The van der Waals surface area contributed by atoms with Crippen molar-refractivity contribution in [2.45, 2.75) is 0 Å². The number of para-hydroxylation sites is 1. The van der Waals surface area contributed by atoms with Gasteiger partial charge in [0.25, 0.3) is 5.91 Å². The van der Waals surface area contributed by atoms with E-state index in [9.17, 15) is 24.5 Å². The van der Waals surface area contributed by atoms with Crippen molar-refractivity contribution >= 4 is 39.7 Å². The fourth-order valence-electron chi connectivity index (χ4n) is 2.46. The van der Waals surface area contributed by atoms with E-state index >= 15 is 0 Å². The molecule has 146 valence electrons. The lowest BCUT2D eigenvalue weighted by Gasteiger charge is -2.10. The molecule has 3 aromatic rings. The molecule has 9 heteroatoms. The van der Waals surface area contributed by atoms with Crippen molar-refractivity contribution < 1.29 is 24.0 Å². The summed E-state index contributed by atoms with van der Waals surface area (Å²) in [5.41, 5.74) is 1.06. The quantitative estimate of drug-likeness (QED) is 0.275. The number of thiophene rings is 1. The van der Waals surface area contributed by atoms with Crippen LogP contribution in [0.3, 0.4) is 0 Å². The molecule has 8 nitrogen and oxygen atoms in total. The van der Waals surface area contributed by atoms with Gasteiger partial charge in [0.05, 0.1) is 10.6 Å². The first-order valence-corrected chi connectivity index (χ1v) is 9.17. The number of ketones is 1. The second-order valence-corrected chi connectivity index (χ2v) is 6.82. The molecule has 0 saturated heterocycles. The fraction of sp³-hybridized carbons (Fsp3) is 0.0500. The van der Waals surface area contributed by atoms with Gasteiger partial charge in [0.1, 0.15) is 4.88 Å². The minimum atomic E-state index is -0.841. The molecule has 0 bridgehead atoms. The first-order chi connectivity index (χ1) is 14.0. The Bertz CT molecular complexity index is 1080. The van der Waals surface area contributed by atoms with Crippen LogP contribution in [0.5, 0.6) is 0 Å². The van der Waals surface area contributed by atoms with Crippen LogP contribution >= 0.6 is 11.3 Å². The largest absolute Gasteiger partial charge is 0.451 e. The number of nitrogens with zero attached hydrogens (tertiary/aromatic N) is 1. The Labute approximate surface area is 168 Å². The van der Waals surface area contributed by atoms with Crippen molar-refractivity contribution in [2.24, 2.45) is 0 Å². The zero-order chi connectivity index (χ0) is 20.8. The highest BCUT2D eigenvalue weighted by atomic mass is 32.1. The molecule has 0 aliphatic heterocycles. The average molecular weight is 410 g/mol. The molecule has 0 atom stereocenters. The molecule has 29 heavy (non-hydrogen) atoms. The number of nitrogens with one attached hydrogen (secondary N) is 1. The predicted octanol–water partition coefficient (Wildman–Crippen LogP) is 3.68. The second-order valence-electron chi connectivity index (χ2n) is 5.76. The number of ether oxygens (including phenoxy) is 1. The zero-order valence-corrected chi connectivity index (χ0v) is 15.7. The van der Waals surface area contributed by atoms with E-state index in [1.165, 1.54) is 12.1 Å². The molecule has 1 aromatic heterocycles. The van der Waals surface area contributed by atoms with E-state index in [4.69, 9.17) is 4.74 Å². The molecule has 1 heterocycles. The van der Waals surface area contributed by atoms with E-state index in [1.807, 2.05) is 0 Å². The molecule has 0 aliphatic carbocycles. The highest BCUT2D eigenvalue weighted by Crippen LogP contribution is 2.24. The number of esters is 1. The van der Waals surface area contributed by atoms with E-state index in [1.54, 1.807) is 54.6 Å². The number of anilines is 1. The van der Waals surface area contributed by atoms with Gasteiger partial charge in [-0.25, -0.2) is 4.79 Å². The molecule has 3 rings (SSSR count). The Morgan fingerprint density at radius 2 is 1.66 bits per heavy atom. The van der Waals surface area contributed by atoms with Crippen LogP contribution in [-0.2, 0) is 9.53 Å². The summed E-state index contributed by atoms with van der Waals surface area (Å²) in [4.78, 5) is 46.8. The standard InChI is InChI=1S/C20H14N2O6S/c23-17(12-28-20(25)16-10-11-18(29-16)22(26)27)21-15-9-5-4-8-14(15)19(24)13-6-2-1-3-7-13/h1-11H,12H2,(H,21,23). The van der Waals surface area contributed by atoms with Gasteiger partial charge in [-0.3, -0.25) is 19.7 Å². The number of carbonyl (C=O) groups is 3. The first-order valence-electron chi connectivity index (χ1n) is 8.35. The number of amides is 1. The van der Waals surface area contributed by atoms with E-state index < -0.39 is 23.4 Å². The van der Waals surface area contributed by atoms with Crippen LogP contribution < -0.4 is 5.32 Å². The van der Waals surface area contributed by atoms with Crippen LogP contribution in [0.1, 0.15) is 25.6 Å². The number of benzene rings is 2.